The molecular formula is C17H19N11O3S. The Kier molecular flexibility index (Phi) is 5.80. The number of hydrogen-bond donors (Lipinski definition) is 4. The molecule has 4 rings (SSSR count). The Labute approximate surface area is 184 Å². The Balaban J connectivity index is 1.57. The molecule has 0 aliphatic carbocycles. The maximum absolute atomic E-state index is 12.8. The van der Waals surface area contributed by atoms with Gasteiger partial charge in [0.25, 0.3) is 5.91 Å². The summed E-state index contributed by atoms with van der Waals surface area (Å²) in [6.07, 6.45) is 1.47. The molecule has 0 saturated heterocycles. The second kappa shape index (κ2) is 8.84. The maximum atomic E-state index is 12.8. The Morgan fingerprint density at radius 3 is 2.88 bits per heavy atom. The largest absolute Gasteiger partial charge is 0.496 e. The first-order chi connectivity index (χ1) is 15.5. The minimum Gasteiger partial charge on any atom is -0.496 e. The third-order valence-electron chi connectivity index (χ3n) is 4.40. The summed E-state index contributed by atoms with van der Waals surface area (Å²) in [5.41, 5.74) is 15.3. The molecule has 0 bridgehead atoms. The maximum Gasteiger partial charge on any atom is 0.293 e. The minimum atomic E-state index is -0.575. The van der Waals surface area contributed by atoms with Gasteiger partial charge in [0.1, 0.15) is 16.6 Å². The van der Waals surface area contributed by atoms with Crippen molar-refractivity contribution in [1.29, 1.82) is 0 Å². The van der Waals surface area contributed by atoms with E-state index in [0.717, 1.165) is 5.03 Å². The number of anilines is 2. The Morgan fingerprint density at radius 2 is 2.19 bits per heavy atom. The van der Waals surface area contributed by atoms with E-state index in [1.54, 1.807) is 31.0 Å². The predicted octanol–water partition coefficient (Wildman–Crippen LogP) is 0.546. The molecule has 0 spiro atoms. The van der Waals surface area contributed by atoms with E-state index in [1.807, 2.05) is 12.1 Å². The summed E-state index contributed by atoms with van der Waals surface area (Å²) < 4.78 is 12.9. The Bertz CT molecular complexity index is 1270. The van der Waals surface area contributed by atoms with Gasteiger partial charge < -0.3 is 16.2 Å². The molecule has 3 aromatic heterocycles. The highest BCUT2D eigenvalue weighted by Crippen LogP contribution is 2.29. The molecule has 6 N–H and O–H groups in total. The quantitative estimate of drug-likeness (QED) is 0.165. The number of para-hydroxylation sites is 1. The lowest BCUT2D eigenvalue weighted by atomic mass is 10.2. The van der Waals surface area contributed by atoms with E-state index in [1.165, 1.54) is 22.7 Å². The van der Waals surface area contributed by atoms with Crippen LogP contribution in [0.4, 0.5) is 11.6 Å². The molecule has 32 heavy (non-hydrogen) atoms. The zero-order chi connectivity index (χ0) is 22.7. The number of methoxy groups -OCH3 is 1. The second-order valence-corrected chi connectivity index (χ2v) is 7.37. The fraction of sp³-hybridized carbons (Fsp3) is 0.176. The highest BCUT2D eigenvalue weighted by molar-refractivity contribution is 7.98. The van der Waals surface area contributed by atoms with E-state index >= 15 is 0 Å². The zero-order valence-corrected chi connectivity index (χ0v) is 17.8. The Morgan fingerprint density at radius 1 is 1.38 bits per heavy atom. The lowest BCUT2D eigenvalue weighted by Crippen LogP contribution is -2.20. The van der Waals surface area contributed by atoms with Crippen LogP contribution in [-0.2, 0) is 12.8 Å². The number of benzene rings is 1. The number of nitrogens with two attached hydrogens (primary N) is 2. The summed E-state index contributed by atoms with van der Waals surface area (Å²) in [7, 11) is 3.33. The molecule has 0 unspecified atom stereocenters. The molecular weight excluding hydrogens is 438 g/mol. The van der Waals surface area contributed by atoms with Gasteiger partial charge in [0, 0.05) is 18.4 Å². The summed E-state index contributed by atoms with van der Waals surface area (Å²) >= 11 is 1.35. The molecule has 14 nitrogen and oxygen atoms in total. The highest BCUT2D eigenvalue weighted by Gasteiger charge is 2.24. The molecule has 15 heteroatoms. The predicted molar refractivity (Wildman–Crippen MR) is 115 cm³/mol. The fourth-order valence-electron chi connectivity index (χ4n) is 2.72. The molecule has 0 aliphatic rings. The van der Waals surface area contributed by atoms with Crippen LogP contribution in [0.5, 0.6) is 5.75 Å². The second-order valence-electron chi connectivity index (χ2n) is 6.38. The van der Waals surface area contributed by atoms with Crippen molar-refractivity contribution >= 4 is 35.5 Å². The number of nitrogens with zero attached hydrogens (tertiary/aromatic N) is 7. The lowest BCUT2D eigenvalue weighted by molar-refractivity contribution is 0.0949. The van der Waals surface area contributed by atoms with Crippen LogP contribution >= 0.6 is 11.8 Å². The molecule has 0 fully saturated rings. The van der Waals surface area contributed by atoms with Crippen LogP contribution in [-0.4, -0.2) is 54.3 Å². The number of ether oxygens (including phenoxy) is 1. The van der Waals surface area contributed by atoms with Gasteiger partial charge in [-0.25, -0.2) is 10.1 Å². The number of nitrogen functional groups attached to an aromatic ring is 2. The van der Waals surface area contributed by atoms with E-state index in [4.69, 9.17) is 16.2 Å². The number of H-pyrrole nitrogens is 1. The van der Waals surface area contributed by atoms with Crippen LogP contribution in [0.3, 0.4) is 0 Å². The average Bonchev–Trinajstić information content (AvgIpc) is 3.42. The standard InChI is InChI=1S/C17H19N11O3S/c1-27-14(19)17(23-27)32-8-10-12(21-26-28(10)15-13(18)24-31-25-15)16(29)22-20-7-9-5-3-4-6-11(9)30-2/h3-7,23H,8,19H2,1-2H3,(H2,18,24)(H,22,29)/b20-7+. The third-order valence-corrected chi connectivity index (χ3v) is 5.41. The number of hydrogen-bond acceptors (Lipinski definition) is 11. The smallest absolute Gasteiger partial charge is 0.293 e. The van der Waals surface area contributed by atoms with Crippen LogP contribution in [0.1, 0.15) is 21.7 Å². The number of hydrazone groups is 1. The summed E-state index contributed by atoms with van der Waals surface area (Å²) in [4.78, 5) is 12.8. The third kappa shape index (κ3) is 4.00. The van der Waals surface area contributed by atoms with Crippen LogP contribution in [0, 0.1) is 0 Å². The van der Waals surface area contributed by atoms with Gasteiger partial charge in [-0.15, -0.1) is 5.10 Å². The molecule has 1 amide bonds. The Hall–Kier alpha value is -4.27. The van der Waals surface area contributed by atoms with Gasteiger partial charge in [0.05, 0.1) is 19.0 Å². The van der Waals surface area contributed by atoms with Gasteiger partial charge >= 0.3 is 0 Å². The van der Waals surface area contributed by atoms with Gasteiger partial charge in [-0.3, -0.25) is 14.6 Å². The minimum absolute atomic E-state index is 0.00235. The summed E-state index contributed by atoms with van der Waals surface area (Å²) in [5.74, 6) is 1.01. The lowest BCUT2D eigenvalue weighted by Gasteiger charge is -2.16. The highest BCUT2D eigenvalue weighted by atomic mass is 32.2. The zero-order valence-electron chi connectivity index (χ0n) is 17.0. The van der Waals surface area contributed by atoms with Crippen molar-refractivity contribution < 1.29 is 14.2 Å². The summed E-state index contributed by atoms with van der Waals surface area (Å²) in [6, 6.07) is 7.24. The van der Waals surface area contributed by atoms with Crippen molar-refractivity contribution in [2.45, 2.75) is 10.8 Å². The number of carbonyl (C=O) groups excluding carboxylic acids is 1. The van der Waals surface area contributed by atoms with Gasteiger partial charge in [-0.2, -0.15) is 9.78 Å². The van der Waals surface area contributed by atoms with Crippen LogP contribution < -0.4 is 21.6 Å². The van der Waals surface area contributed by atoms with Crippen molar-refractivity contribution in [3.63, 3.8) is 0 Å². The van der Waals surface area contributed by atoms with Crippen molar-refractivity contribution in [1.82, 2.24) is 40.5 Å². The molecule has 1 aromatic carbocycles. The molecule has 166 valence electrons. The van der Waals surface area contributed by atoms with E-state index in [9.17, 15) is 4.79 Å². The summed E-state index contributed by atoms with van der Waals surface area (Å²) in [6.45, 7) is 0. The first kappa shape index (κ1) is 21.0. The molecule has 0 saturated carbocycles. The SMILES string of the molecule is COc1ccccc1/C=N/NC(=O)c1nnn(-c2nonc2N)c1CSc1[nH]n(C)c1N. The normalized spacial score (nSPS) is 11.3. The van der Waals surface area contributed by atoms with Crippen molar-refractivity contribution in [3.8, 4) is 11.6 Å². The van der Waals surface area contributed by atoms with E-state index in [0.29, 0.717) is 22.8 Å². The number of carbonyl (C=O) groups is 1. The number of rotatable bonds is 8. The number of thioether (sulfide) groups is 1. The van der Waals surface area contributed by atoms with E-state index in [-0.39, 0.29) is 23.1 Å². The van der Waals surface area contributed by atoms with Crippen molar-refractivity contribution in [3.05, 3.63) is 41.2 Å². The van der Waals surface area contributed by atoms with E-state index < -0.39 is 5.91 Å². The first-order valence-corrected chi connectivity index (χ1v) is 10.1. The van der Waals surface area contributed by atoms with Gasteiger partial charge in [0.2, 0.25) is 11.6 Å². The van der Waals surface area contributed by atoms with Gasteiger partial charge in [-0.05, 0) is 22.4 Å². The van der Waals surface area contributed by atoms with Crippen molar-refractivity contribution in [2.75, 3.05) is 18.6 Å². The summed E-state index contributed by atoms with van der Waals surface area (Å²) in [5, 5.41) is 23.0. The number of nitrogens with one attached hydrogen (secondary N) is 2. The molecule has 0 radical (unpaired) electrons. The van der Waals surface area contributed by atoms with Crippen LogP contribution in [0.25, 0.3) is 5.82 Å². The van der Waals surface area contributed by atoms with Gasteiger partial charge in [0.15, 0.2) is 5.69 Å². The van der Waals surface area contributed by atoms with Crippen LogP contribution in [0.2, 0.25) is 0 Å². The van der Waals surface area contributed by atoms with Gasteiger partial charge in [-0.1, -0.05) is 29.1 Å². The number of aromatic amines is 1. The molecule has 4 aromatic rings. The topological polar surface area (TPSA) is 193 Å². The monoisotopic (exact) mass is 457 g/mol. The van der Waals surface area contributed by atoms with Crippen LogP contribution in [0.15, 0.2) is 39.0 Å². The molecule has 0 aliphatic heterocycles. The van der Waals surface area contributed by atoms with Crippen molar-refractivity contribution in [2.24, 2.45) is 12.1 Å². The average molecular weight is 457 g/mol. The van der Waals surface area contributed by atoms with E-state index in [2.05, 4.69) is 40.9 Å². The fourth-order valence-corrected chi connectivity index (χ4v) is 3.74. The number of amides is 1. The number of aryl methyl sites for hydroxylation is 1. The molecule has 0 atom stereocenters. The molecule has 3 heterocycles. The number of aromatic nitrogens is 7. The first-order valence-electron chi connectivity index (χ1n) is 9.12.